The monoisotopic (exact) mass is 182 g/mol. The second-order valence-corrected chi connectivity index (χ2v) is 4.96. The lowest BCUT2D eigenvalue weighted by atomic mass is 9.86. The van der Waals surface area contributed by atoms with Crippen molar-refractivity contribution in [2.24, 2.45) is 11.1 Å². The van der Waals surface area contributed by atoms with E-state index in [-0.39, 0.29) is 5.41 Å². The minimum atomic E-state index is 0.261. The topological polar surface area (TPSA) is 38.0 Å². The van der Waals surface area contributed by atoms with Gasteiger partial charge in [-0.25, -0.2) is 0 Å². The second-order valence-electron chi connectivity index (χ2n) is 4.96. The van der Waals surface area contributed by atoms with Crippen LogP contribution in [0.2, 0.25) is 0 Å². The summed E-state index contributed by atoms with van der Waals surface area (Å²) in [4.78, 5) is 0. The van der Waals surface area contributed by atoms with Gasteiger partial charge < -0.3 is 11.1 Å². The van der Waals surface area contributed by atoms with Crippen molar-refractivity contribution in [2.45, 2.75) is 45.7 Å². The maximum absolute atomic E-state index is 5.75. The zero-order valence-corrected chi connectivity index (χ0v) is 9.01. The molecule has 0 amide bonds. The zero-order valence-electron chi connectivity index (χ0n) is 9.01. The molecular formula is C11H22N2. The van der Waals surface area contributed by atoms with Crippen molar-refractivity contribution in [3.8, 4) is 0 Å². The molecule has 1 atom stereocenters. The Bertz CT molecular complexity index is 171. The molecule has 3 N–H and O–H groups in total. The third-order valence-electron chi connectivity index (χ3n) is 2.73. The average Bonchev–Trinajstić information content (AvgIpc) is 2.49. The fourth-order valence-corrected chi connectivity index (χ4v) is 1.71. The third kappa shape index (κ3) is 3.12. The summed E-state index contributed by atoms with van der Waals surface area (Å²) in [7, 11) is 0. The molecule has 0 aliphatic heterocycles. The van der Waals surface area contributed by atoms with Crippen LogP contribution < -0.4 is 11.1 Å². The Balaban J connectivity index is 2.40. The number of rotatable bonds is 3. The summed E-state index contributed by atoms with van der Waals surface area (Å²) in [6, 6.07) is 1.05. The van der Waals surface area contributed by atoms with Gasteiger partial charge in [0.2, 0.25) is 0 Å². The zero-order chi connectivity index (χ0) is 9.90. The molecule has 0 saturated carbocycles. The molecule has 1 unspecified atom stereocenters. The molecule has 0 radical (unpaired) electrons. The Labute approximate surface area is 81.6 Å². The predicted octanol–water partition coefficient (Wildman–Crippen LogP) is 1.67. The molecule has 1 aliphatic carbocycles. The number of hydrogen-bond acceptors (Lipinski definition) is 2. The quantitative estimate of drug-likeness (QED) is 0.652. The normalized spacial score (nSPS) is 20.9. The highest BCUT2D eigenvalue weighted by Gasteiger charge is 2.25. The summed E-state index contributed by atoms with van der Waals surface area (Å²) < 4.78 is 0. The largest absolute Gasteiger partial charge is 0.329 e. The molecule has 0 fully saturated rings. The number of hydrogen-bond donors (Lipinski definition) is 2. The lowest BCUT2D eigenvalue weighted by Gasteiger charge is -2.33. The summed E-state index contributed by atoms with van der Waals surface area (Å²) in [6.45, 7) is 7.43. The summed E-state index contributed by atoms with van der Waals surface area (Å²) >= 11 is 0. The van der Waals surface area contributed by atoms with Gasteiger partial charge in [-0.05, 0) is 18.3 Å². The van der Waals surface area contributed by atoms with Gasteiger partial charge in [-0.2, -0.15) is 0 Å². The van der Waals surface area contributed by atoms with Crippen LogP contribution in [0.15, 0.2) is 12.2 Å². The van der Waals surface area contributed by atoms with Crippen LogP contribution >= 0.6 is 0 Å². The number of nitrogens with one attached hydrogen (secondary N) is 1. The van der Waals surface area contributed by atoms with E-state index in [0.717, 1.165) is 19.4 Å². The van der Waals surface area contributed by atoms with E-state index in [1.54, 1.807) is 0 Å². The Kier molecular flexibility index (Phi) is 3.51. The first kappa shape index (κ1) is 10.7. The van der Waals surface area contributed by atoms with E-state index in [1.807, 2.05) is 0 Å². The maximum Gasteiger partial charge on any atom is 0.0241 e. The van der Waals surface area contributed by atoms with Crippen LogP contribution in [0, 0.1) is 5.41 Å². The first-order chi connectivity index (χ1) is 6.04. The van der Waals surface area contributed by atoms with Crippen molar-refractivity contribution in [3.05, 3.63) is 12.2 Å². The maximum atomic E-state index is 5.75. The van der Waals surface area contributed by atoms with E-state index in [1.165, 1.54) is 0 Å². The molecule has 76 valence electrons. The van der Waals surface area contributed by atoms with Crippen molar-refractivity contribution < 1.29 is 0 Å². The predicted molar refractivity (Wildman–Crippen MR) is 57.6 cm³/mol. The molecule has 0 heterocycles. The molecule has 1 aliphatic rings. The van der Waals surface area contributed by atoms with Gasteiger partial charge in [0.15, 0.2) is 0 Å². The summed E-state index contributed by atoms with van der Waals surface area (Å²) in [6.07, 6.45) is 6.81. The second kappa shape index (κ2) is 4.25. The fourth-order valence-electron chi connectivity index (χ4n) is 1.71. The molecule has 2 nitrogen and oxygen atoms in total. The molecule has 1 rings (SSSR count). The van der Waals surface area contributed by atoms with E-state index in [2.05, 4.69) is 38.2 Å². The van der Waals surface area contributed by atoms with E-state index in [9.17, 15) is 0 Å². The summed E-state index contributed by atoms with van der Waals surface area (Å²) in [5.41, 5.74) is 6.02. The van der Waals surface area contributed by atoms with Gasteiger partial charge in [-0.15, -0.1) is 0 Å². The molecule has 13 heavy (non-hydrogen) atoms. The number of nitrogens with two attached hydrogens (primary N) is 1. The van der Waals surface area contributed by atoms with Crippen LogP contribution in [0.4, 0.5) is 0 Å². The highest BCUT2D eigenvalue weighted by atomic mass is 15.0. The summed E-state index contributed by atoms with van der Waals surface area (Å²) in [5, 5.41) is 3.62. The lowest BCUT2D eigenvalue weighted by Crippen LogP contribution is -2.49. The first-order valence-electron chi connectivity index (χ1n) is 5.15. The van der Waals surface area contributed by atoms with Crippen LogP contribution in [-0.4, -0.2) is 18.6 Å². The van der Waals surface area contributed by atoms with Crippen LogP contribution in [0.25, 0.3) is 0 Å². The minimum absolute atomic E-state index is 0.261. The van der Waals surface area contributed by atoms with Crippen molar-refractivity contribution in [1.82, 2.24) is 5.32 Å². The summed E-state index contributed by atoms with van der Waals surface area (Å²) in [5.74, 6) is 0. The molecule has 0 saturated heterocycles. The minimum Gasteiger partial charge on any atom is -0.329 e. The fraction of sp³-hybridized carbons (Fsp3) is 0.818. The van der Waals surface area contributed by atoms with Crippen molar-refractivity contribution in [2.75, 3.05) is 6.54 Å². The van der Waals surface area contributed by atoms with Crippen LogP contribution in [0.3, 0.4) is 0 Å². The van der Waals surface area contributed by atoms with Crippen molar-refractivity contribution in [3.63, 3.8) is 0 Å². The third-order valence-corrected chi connectivity index (χ3v) is 2.73. The molecule has 2 heteroatoms. The van der Waals surface area contributed by atoms with E-state index in [0.29, 0.717) is 12.1 Å². The Hall–Kier alpha value is -0.340. The first-order valence-corrected chi connectivity index (χ1v) is 5.15. The SMILES string of the molecule is CC(C)(C)C(CN)NC1CC=CC1. The van der Waals surface area contributed by atoms with Crippen LogP contribution in [-0.2, 0) is 0 Å². The van der Waals surface area contributed by atoms with Gasteiger partial charge in [-0.3, -0.25) is 0 Å². The van der Waals surface area contributed by atoms with Gasteiger partial charge in [-0.1, -0.05) is 32.9 Å². The van der Waals surface area contributed by atoms with Gasteiger partial charge in [0.1, 0.15) is 0 Å². The molecule has 0 aromatic rings. The van der Waals surface area contributed by atoms with Crippen molar-refractivity contribution in [1.29, 1.82) is 0 Å². The van der Waals surface area contributed by atoms with Crippen LogP contribution in [0.1, 0.15) is 33.6 Å². The van der Waals surface area contributed by atoms with Crippen molar-refractivity contribution >= 4 is 0 Å². The molecule has 0 spiro atoms. The Morgan fingerprint density at radius 2 is 1.92 bits per heavy atom. The van der Waals surface area contributed by atoms with Gasteiger partial charge >= 0.3 is 0 Å². The van der Waals surface area contributed by atoms with Gasteiger partial charge in [0.25, 0.3) is 0 Å². The highest BCUT2D eigenvalue weighted by Crippen LogP contribution is 2.21. The molecule has 0 aromatic carbocycles. The van der Waals surface area contributed by atoms with Gasteiger partial charge in [0, 0.05) is 18.6 Å². The Morgan fingerprint density at radius 3 is 2.31 bits per heavy atom. The lowest BCUT2D eigenvalue weighted by molar-refractivity contribution is 0.253. The Morgan fingerprint density at radius 1 is 1.38 bits per heavy atom. The van der Waals surface area contributed by atoms with Gasteiger partial charge in [0.05, 0.1) is 0 Å². The molecule has 0 aromatic heterocycles. The van der Waals surface area contributed by atoms with E-state index in [4.69, 9.17) is 5.73 Å². The van der Waals surface area contributed by atoms with E-state index >= 15 is 0 Å². The smallest absolute Gasteiger partial charge is 0.0241 e. The van der Waals surface area contributed by atoms with Crippen LogP contribution in [0.5, 0.6) is 0 Å². The highest BCUT2D eigenvalue weighted by molar-refractivity contribution is 4.99. The standard InChI is InChI=1S/C11H22N2/c1-11(2,3)10(8-12)13-9-6-4-5-7-9/h4-5,9-10,13H,6-8,12H2,1-3H3. The molecular weight excluding hydrogens is 160 g/mol. The van der Waals surface area contributed by atoms with E-state index < -0.39 is 0 Å². The average molecular weight is 182 g/mol. The molecule has 0 bridgehead atoms.